The molecule has 31 valence electrons. The van der Waals surface area contributed by atoms with Gasteiger partial charge in [-0.25, -0.2) is 0 Å². The molecule has 0 bridgehead atoms. The van der Waals surface area contributed by atoms with Crippen molar-refractivity contribution in [2.24, 2.45) is 5.73 Å². The largest absolute Gasteiger partial charge is 0.313 e. The van der Waals surface area contributed by atoms with E-state index in [0.717, 1.165) is 0 Å². The van der Waals surface area contributed by atoms with Crippen LogP contribution in [-0.2, 0) is 0 Å². The fraction of sp³-hybridized carbons (Fsp3) is 0. The van der Waals surface area contributed by atoms with Crippen LogP contribution >= 0.6 is 0 Å². The van der Waals surface area contributed by atoms with E-state index in [1.54, 1.807) is 0 Å². The molecule has 3 nitrogen and oxygen atoms in total. The fourth-order valence-electron chi connectivity index (χ4n) is 0.202. The van der Waals surface area contributed by atoms with Crippen LogP contribution in [0.5, 0.6) is 0 Å². The first-order chi connectivity index (χ1) is 2.73. The second kappa shape index (κ2) is 0.680. The van der Waals surface area contributed by atoms with Gasteiger partial charge in [0, 0.05) is 0 Å². The quantitative estimate of drug-likeness (QED) is 0.363. The minimum Gasteiger partial charge on any atom is -0.313 e. The van der Waals surface area contributed by atoms with Gasteiger partial charge in [0.15, 0.2) is 0 Å². The van der Waals surface area contributed by atoms with Gasteiger partial charge in [-0.3, -0.25) is 0 Å². The highest BCUT2D eigenvalue weighted by Crippen LogP contribution is 2.13. The standard InChI is InChI=1S/C3H4N3/c4-1-2(5)3(1)6/h4-5H,6H2. The lowest BCUT2D eigenvalue weighted by molar-refractivity contribution is 1.42. The Morgan fingerprint density at radius 1 is 1.17 bits per heavy atom. The van der Waals surface area contributed by atoms with E-state index in [-0.39, 0.29) is 11.4 Å². The zero-order chi connectivity index (χ0) is 4.73. The maximum atomic E-state index is 6.64. The van der Waals surface area contributed by atoms with E-state index in [4.69, 9.17) is 16.6 Å². The third kappa shape index (κ3) is 0.202. The van der Waals surface area contributed by atoms with E-state index in [1.807, 2.05) is 0 Å². The molecule has 0 aromatic heterocycles. The summed E-state index contributed by atoms with van der Waals surface area (Å²) in [5, 5.41) is 13.3. The molecule has 0 heterocycles. The topological polar surface area (TPSA) is 73.7 Å². The van der Waals surface area contributed by atoms with Gasteiger partial charge in [-0.05, 0) is 0 Å². The summed E-state index contributed by atoms with van der Waals surface area (Å²) in [4.78, 5) is 0. The molecule has 3 heteroatoms. The average molecular weight is 82.1 g/mol. The Labute approximate surface area is 35.2 Å². The van der Waals surface area contributed by atoms with Gasteiger partial charge in [-0.1, -0.05) is 0 Å². The van der Waals surface area contributed by atoms with Crippen LogP contribution in [0.1, 0.15) is 0 Å². The van der Waals surface area contributed by atoms with E-state index < -0.39 is 0 Å². The molecule has 1 aliphatic rings. The molecule has 4 N–H and O–H groups in total. The molecule has 0 amide bonds. The molecule has 0 aromatic rings. The summed E-state index contributed by atoms with van der Waals surface area (Å²) in [6.07, 6.45) is 0. The van der Waals surface area contributed by atoms with Crippen molar-refractivity contribution in [3.63, 3.8) is 0 Å². The minimum absolute atomic E-state index is 0.204. The maximum Gasteiger partial charge on any atom is 0.133 e. The second-order valence-corrected chi connectivity index (χ2v) is 1.16. The monoisotopic (exact) mass is 82.0 g/mol. The minimum atomic E-state index is 0.204. The molecule has 1 saturated carbocycles. The van der Waals surface area contributed by atoms with Crippen LogP contribution in [0.4, 0.5) is 0 Å². The molecular formula is C3H4N3. The summed E-state index contributed by atoms with van der Waals surface area (Å²) < 4.78 is 0. The molecule has 1 fully saturated rings. The van der Waals surface area contributed by atoms with Gasteiger partial charge in [0.1, 0.15) is 6.04 Å². The van der Waals surface area contributed by atoms with Crippen molar-refractivity contribution in [1.29, 1.82) is 10.8 Å². The predicted molar refractivity (Wildman–Crippen MR) is 22.9 cm³/mol. The van der Waals surface area contributed by atoms with Crippen LogP contribution in [0, 0.1) is 16.9 Å². The summed E-state index contributed by atoms with van der Waals surface area (Å²) in [5.41, 5.74) is 5.38. The summed E-state index contributed by atoms with van der Waals surface area (Å²) in [6, 6.07) is 0.343. The van der Waals surface area contributed by atoms with E-state index in [0.29, 0.717) is 6.04 Å². The normalized spacial score (nSPS) is 22.2. The van der Waals surface area contributed by atoms with Gasteiger partial charge in [0.25, 0.3) is 0 Å². The smallest absolute Gasteiger partial charge is 0.133 e. The molecule has 0 spiro atoms. The van der Waals surface area contributed by atoms with Crippen molar-refractivity contribution >= 4 is 11.4 Å². The first kappa shape index (κ1) is 3.49. The number of hydrogen-bond acceptors (Lipinski definition) is 3. The highest BCUT2D eigenvalue weighted by atomic mass is 14.8. The van der Waals surface area contributed by atoms with Crippen molar-refractivity contribution in [1.82, 2.24) is 0 Å². The fourth-order valence-corrected chi connectivity index (χ4v) is 0.202. The average Bonchev–Trinajstić information content (AvgIpc) is 1.94. The van der Waals surface area contributed by atoms with Crippen molar-refractivity contribution in [3.05, 3.63) is 6.04 Å². The lowest BCUT2D eigenvalue weighted by Crippen LogP contribution is -1.90. The zero-order valence-electron chi connectivity index (χ0n) is 3.08. The molecule has 0 aliphatic heterocycles. The van der Waals surface area contributed by atoms with Gasteiger partial charge in [0.05, 0.1) is 11.4 Å². The highest BCUT2D eigenvalue weighted by Gasteiger charge is 2.36. The van der Waals surface area contributed by atoms with Gasteiger partial charge in [-0.2, -0.15) is 0 Å². The van der Waals surface area contributed by atoms with E-state index in [9.17, 15) is 0 Å². The molecule has 0 aromatic carbocycles. The number of hydrogen-bond donors (Lipinski definition) is 3. The summed E-state index contributed by atoms with van der Waals surface area (Å²) in [7, 11) is 0. The van der Waals surface area contributed by atoms with Crippen LogP contribution in [0.15, 0.2) is 0 Å². The Morgan fingerprint density at radius 2 is 1.33 bits per heavy atom. The number of nitrogens with one attached hydrogen (secondary N) is 2. The van der Waals surface area contributed by atoms with Crippen LogP contribution in [0.3, 0.4) is 0 Å². The van der Waals surface area contributed by atoms with Crippen LogP contribution in [-0.4, -0.2) is 11.4 Å². The van der Waals surface area contributed by atoms with Crippen LogP contribution < -0.4 is 5.73 Å². The lowest BCUT2D eigenvalue weighted by Gasteiger charge is -1.56. The van der Waals surface area contributed by atoms with Gasteiger partial charge in [0.2, 0.25) is 0 Å². The second-order valence-electron chi connectivity index (χ2n) is 1.16. The van der Waals surface area contributed by atoms with Crippen molar-refractivity contribution < 1.29 is 0 Å². The number of nitrogens with two attached hydrogens (primary N) is 1. The molecule has 1 rings (SSSR count). The Hall–Kier alpha value is -0.700. The van der Waals surface area contributed by atoms with Crippen LogP contribution in [0.25, 0.3) is 0 Å². The summed E-state index contributed by atoms with van der Waals surface area (Å²) >= 11 is 0. The van der Waals surface area contributed by atoms with Gasteiger partial charge in [-0.15, -0.1) is 0 Å². The predicted octanol–water partition coefficient (Wildman–Crippen LogP) is -0.470. The van der Waals surface area contributed by atoms with E-state index in [1.165, 1.54) is 0 Å². The third-order valence-corrected chi connectivity index (χ3v) is 0.726. The summed E-state index contributed by atoms with van der Waals surface area (Å²) in [6.45, 7) is 0. The first-order valence-corrected chi connectivity index (χ1v) is 1.54. The Bertz CT molecular complexity index is 101. The number of rotatable bonds is 0. The van der Waals surface area contributed by atoms with Crippen molar-refractivity contribution in [2.45, 2.75) is 0 Å². The molecule has 0 atom stereocenters. The van der Waals surface area contributed by atoms with Crippen molar-refractivity contribution in [3.8, 4) is 0 Å². The molecule has 6 heavy (non-hydrogen) atoms. The Kier molecular flexibility index (Phi) is 0.395. The Balaban J connectivity index is 2.75. The molecule has 1 aliphatic carbocycles. The van der Waals surface area contributed by atoms with E-state index in [2.05, 4.69) is 0 Å². The Morgan fingerprint density at radius 3 is 1.33 bits per heavy atom. The first-order valence-electron chi connectivity index (χ1n) is 1.54. The molecule has 0 unspecified atom stereocenters. The third-order valence-electron chi connectivity index (χ3n) is 0.726. The van der Waals surface area contributed by atoms with Crippen LogP contribution in [0.2, 0.25) is 0 Å². The lowest BCUT2D eigenvalue weighted by atomic mass is 10.8. The molecular weight excluding hydrogens is 78.1 g/mol. The zero-order valence-corrected chi connectivity index (χ0v) is 3.08. The van der Waals surface area contributed by atoms with Gasteiger partial charge < -0.3 is 16.6 Å². The van der Waals surface area contributed by atoms with E-state index >= 15 is 0 Å². The molecule has 1 radical (unpaired) electrons. The SMILES string of the molecule is N=C1[C](N)C1=N. The maximum absolute atomic E-state index is 6.64. The highest BCUT2D eigenvalue weighted by molar-refractivity contribution is 6.72. The van der Waals surface area contributed by atoms with Gasteiger partial charge >= 0.3 is 0 Å². The molecule has 0 saturated heterocycles. The van der Waals surface area contributed by atoms with Crippen molar-refractivity contribution in [2.75, 3.05) is 0 Å². The summed E-state index contributed by atoms with van der Waals surface area (Å²) in [5.74, 6) is 0.